The monoisotopic (exact) mass is 441 g/mol. The zero-order valence-electron chi connectivity index (χ0n) is 19.1. The quantitative estimate of drug-likeness (QED) is 0.572. The van der Waals surface area contributed by atoms with E-state index in [0.717, 1.165) is 11.6 Å². The largest absolute Gasteiger partial charge is 0.496 e. The third-order valence-corrected chi connectivity index (χ3v) is 4.70. The van der Waals surface area contributed by atoms with Crippen LogP contribution in [0.25, 0.3) is 0 Å². The van der Waals surface area contributed by atoms with Gasteiger partial charge in [0.1, 0.15) is 34.4 Å². The standard InChI is InChI=1S/C22H22FN3O4.C2H6/c1-12-8-9-15(14(23)10-12)25-22-20(21(24)28)18(11-19(27)26(22)3)30-17-7-5-6-16(29-4)13(17)2;1-2/h5-11,25H,1-4H3,(H2,24,28);1-2H3. The maximum Gasteiger partial charge on any atom is 0.256 e. The lowest BCUT2D eigenvalue weighted by atomic mass is 10.1. The number of benzene rings is 2. The molecule has 0 spiro atoms. The first-order chi connectivity index (χ1) is 15.2. The van der Waals surface area contributed by atoms with Crippen LogP contribution in [0.3, 0.4) is 0 Å². The molecule has 0 aliphatic heterocycles. The third kappa shape index (κ3) is 5.08. The Bertz CT molecular complexity index is 1190. The normalized spacial score (nSPS) is 10.1. The van der Waals surface area contributed by atoms with E-state index in [2.05, 4.69) is 5.32 Å². The summed E-state index contributed by atoms with van der Waals surface area (Å²) in [5, 5.41) is 2.80. The summed E-state index contributed by atoms with van der Waals surface area (Å²) in [6, 6.07) is 10.9. The van der Waals surface area contributed by atoms with E-state index in [1.807, 2.05) is 13.8 Å². The molecule has 1 amide bonds. The van der Waals surface area contributed by atoms with Gasteiger partial charge >= 0.3 is 0 Å². The van der Waals surface area contributed by atoms with E-state index in [9.17, 15) is 14.0 Å². The number of hydrogen-bond donors (Lipinski definition) is 2. The molecule has 0 atom stereocenters. The van der Waals surface area contributed by atoms with Gasteiger partial charge in [0.05, 0.1) is 12.8 Å². The van der Waals surface area contributed by atoms with Crippen molar-refractivity contribution in [1.82, 2.24) is 4.57 Å². The number of aromatic nitrogens is 1. The number of ether oxygens (including phenoxy) is 2. The number of nitrogens with one attached hydrogen (secondary N) is 1. The molecule has 3 aromatic rings. The Morgan fingerprint density at radius 3 is 2.31 bits per heavy atom. The highest BCUT2D eigenvalue weighted by atomic mass is 19.1. The van der Waals surface area contributed by atoms with Crippen molar-refractivity contribution in [3.63, 3.8) is 0 Å². The number of hydrogen-bond acceptors (Lipinski definition) is 5. The highest BCUT2D eigenvalue weighted by molar-refractivity contribution is 6.01. The molecule has 0 saturated carbocycles. The van der Waals surface area contributed by atoms with Gasteiger partial charge in [0.25, 0.3) is 11.5 Å². The van der Waals surface area contributed by atoms with Gasteiger partial charge in [0.2, 0.25) is 0 Å². The van der Waals surface area contributed by atoms with Gasteiger partial charge in [-0.15, -0.1) is 0 Å². The summed E-state index contributed by atoms with van der Waals surface area (Å²) >= 11 is 0. The van der Waals surface area contributed by atoms with E-state index in [1.54, 1.807) is 38.1 Å². The number of nitrogens with zero attached hydrogens (tertiary/aromatic N) is 1. The number of anilines is 2. The molecule has 1 aromatic heterocycles. The van der Waals surface area contributed by atoms with E-state index in [4.69, 9.17) is 15.2 Å². The molecule has 0 fully saturated rings. The number of carbonyl (C=O) groups is 1. The van der Waals surface area contributed by atoms with E-state index in [-0.39, 0.29) is 22.8 Å². The Labute approximate surface area is 186 Å². The summed E-state index contributed by atoms with van der Waals surface area (Å²) in [4.78, 5) is 24.8. The van der Waals surface area contributed by atoms with Gasteiger partial charge < -0.3 is 20.5 Å². The predicted octanol–water partition coefficient (Wildman–Crippen LogP) is 4.81. The maximum atomic E-state index is 14.4. The van der Waals surface area contributed by atoms with Crippen LogP contribution < -0.4 is 26.1 Å². The second kappa shape index (κ2) is 10.5. The Morgan fingerprint density at radius 2 is 1.72 bits per heavy atom. The van der Waals surface area contributed by atoms with E-state index < -0.39 is 17.3 Å². The first-order valence-electron chi connectivity index (χ1n) is 10.1. The lowest BCUT2D eigenvalue weighted by Crippen LogP contribution is -2.25. The molecule has 1 heterocycles. The average molecular weight is 442 g/mol. The second-order valence-electron chi connectivity index (χ2n) is 6.79. The van der Waals surface area contributed by atoms with Crippen molar-refractivity contribution in [2.45, 2.75) is 27.7 Å². The number of rotatable bonds is 6. The van der Waals surface area contributed by atoms with Gasteiger partial charge in [-0.3, -0.25) is 14.2 Å². The molecule has 0 aliphatic carbocycles. The second-order valence-corrected chi connectivity index (χ2v) is 6.79. The fourth-order valence-electron chi connectivity index (χ4n) is 3.03. The van der Waals surface area contributed by atoms with Gasteiger partial charge in [-0.25, -0.2) is 4.39 Å². The molecular weight excluding hydrogens is 413 g/mol. The van der Waals surface area contributed by atoms with Crippen LogP contribution >= 0.6 is 0 Å². The summed E-state index contributed by atoms with van der Waals surface area (Å²) < 4.78 is 26.7. The lowest BCUT2D eigenvalue weighted by molar-refractivity contribution is 0.0998. The minimum absolute atomic E-state index is 0.0216. The number of amides is 1. The maximum absolute atomic E-state index is 14.4. The number of pyridine rings is 1. The van der Waals surface area contributed by atoms with Crippen LogP contribution in [0.5, 0.6) is 17.2 Å². The Kier molecular flexibility index (Phi) is 8.01. The third-order valence-electron chi connectivity index (χ3n) is 4.70. The number of halogens is 1. The van der Waals surface area contributed by atoms with Crippen molar-refractivity contribution in [2.75, 3.05) is 12.4 Å². The highest BCUT2D eigenvalue weighted by Gasteiger charge is 2.22. The number of methoxy groups -OCH3 is 1. The minimum atomic E-state index is -0.837. The first-order valence-corrected chi connectivity index (χ1v) is 10.1. The summed E-state index contributed by atoms with van der Waals surface area (Å²) in [7, 11) is 2.97. The number of carbonyl (C=O) groups excluding carboxylic acids is 1. The molecular formula is C24H28FN3O4. The van der Waals surface area contributed by atoms with Crippen molar-refractivity contribution in [3.05, 3.63) is 75.3 Å². The molecule has 170 valence electrons. The lowest BCUT2D eigenvalue weighted by Gasteiger charge is -2.19. The van der Waals surface area contributed by atoms with Gasteiger partial charge in [-0.2, -0.15) is 0 Å². The SMILES string of the molecule is CC.COc1cccc(Oc2cc(=O)n(C)c(Nc3ccc(C)cc3F)c2C(N)=O)c1C. The van der Waals surface area contributed by atoms with Crippen molar-refractivity contribution in [3.8, 4) is 17.2 Å². The number of nitrogens with two attached hydrogens (primary N) is 1. The molecule has 0 saturated heterocycles. The van der Waals surface area contributed by atoms with Crippen molar-refractivity contribution >= 4 is 17.4 Å². The van der Waals surface area contributed by atoms with Crippen LogP contribution in [0.2, 0.25) is 0 Å². The van der Waals surface area contributed by atoms with Crippen molar-refractivity contribution in [1.29, 1.82) is 0 Å². The van der Waals surface area contributed by atoms with Crippen LogP contribution in [0, 0.1) is 19.7 Å². The summed E-state index contributed by atoms with van der Waals surface area (Å²) in [5.41, 5.74) is 6.55. The van der Waals surface area contributed by atoms with Gasteiger partial charge in [-0.05, 0) is 43.7 Å². The summed E-state index contributed by atoms with van der Waals surface area (Å²) in [6.45, 7) is 7.53. The van der Waals surface area contributed by atoms with Gasteiger partial charge in [0, 0.05) is 18.7 Å². The zero-order valence-corrected chi connectivity index (χ0v) is 19.1. The molecule has 8 heteroatoms. The summed E-state index contributed by atoms with van der Waals surface area (Å²) in [6.07, 6.45) is 0. The zero-order chi connectivity index (χ0) is 24.0. The average Bonchev–Trinajstić information content (AvgIpc) is 2.76. The van der Waals surface area contributed by atoms with Gasteiger partial charge in [-0.1, -0.05) is 26.0 Å². The molecule has 0 bridgehead atoms. The molecule has 3 rings (SSSR count). The Balaban J connectivity index is 0.00000176. The van der Waals surface area contributed by atoms with Crippen LogP contribution in [0.15, 0.2) is 47.3 Å². The predicted molar refractivity (Wildman–Crippen MR) is 124 cm³/mol. The number of aryl methyl sites for hydroxylation is 1. The van der Waals surface area contributed by atoms with E-state index >= 15 is 0 Å². The fraction of sp³-hybridized carbons (Fsp3) is 0.250. The van der Waals surface area contributed by atoms with Crippen LogP contribution in [-0.2, 0) is 7.05 Å². The molecule has 32 heavy (non-hydrogen) atoms. The van der Waals surface area contributed by atoms with Gasteiger partial charge in [0.15, 0.2) is 0 Å². The molecule has 0 radical (unpaired) electrons. The fourth-order valence-corrected chi connectivity index (χ4v) is 3.03. The van der Waals surface area contributed by atoms with Crippen LogP contribution in [0.4, 0.5) is 15.9 Å². The summed E-state index contributed by atoms with van der Waals surface area (Å²) in [5.74, 6) is -0.427. The molecule has 3 N–H and O–H groups in total. The van der Waals surface area contributed by atoms with E-state index in [0.29, 0.717) is 17.1 Å². The van der Waals surface area contributed by atoms with Crippen LogP contribution in [0.1, 0.15) is 35.3 Å². The number of primary amides is 1. The Hall–Kier alpha value is -3.81. The molecule has 2 aromatic carbocycles. The van der Waals surface area contributed by atoms with Crippen molar-refractivity contribution < 1.29 is 18.7 Å². The van der Waals surface area contributed by atoms with E-state index in [1.165, 1.54) is 30.9 Å². The highest BCUT2D eigenvalue weighted by Crippen LogP contribution is 2.35. The smallest absolute Gasteiger partial charge is 0.256 e. The topological polar surface area (TPSA) is 95.6 Å². The molecule has 7 nitrogen and oxygen atoms in total. The first kappa shape index (κ1) is 24.5. The Morgan fingerprint density at radius 1 is 1.06 bits per heavy atom. The molecule has 0 unspecified atom stereocenters. The minimum Gasteiger partial charge on any atom is -0.496 e. The molecule has 0 aliphatic rings. The van der Waals surface area contributed by atoms with Crippen molar-refractivity contribution in [2.24, 2.45) is 12.8 Å². The van der Waals surface area contributed by atoms with Crippen LogP contribution in [-0.4, -0.2) is 17.6 Å².